The first-order valence-corrected chi connectivity index (χ1v) is 5.35. The van der Waals surface area contributed by atoms with E-state index < -0.39 is 6.10 Å². The highest BCUT2D eigenvalue weighted by molar-refractivity contribution is 5.08. The molecule has 1 aromatic rings. The number of β-amino-alcohol motifs (C(OH)–C–C–N with tert-alkyl or cyclic N) is 1. The van der Waals surface area contributed by atoms with E-state index in [0.717, 1.165) is 31.7 Å². The molecule has 84 valence electrons. The molecule has 0 unspecified atom stereocenters. The number of nitrogens with zero attached hydrogens (tertiary/aromatic N) is 3. The van der Waals surface area contributed by atoms with Gasteiger partial charge in [-0.2, -0.15) is 5.10 Å². The van der Waals surface area contributed by atoms with Crippen LogP contribution >= 0.6 is 0 Å². The molecule has 0 spiro atoms. The van der Waals surface area contributed by atoms with Gasteiger partial charge in [0.25, 0.3) is 0 Å². The van der Waals surface area contributed by atoms with Gasteiger partial charge in [-0.05, 0) is 0 Å². The fourth-order valence-corrected chi connectivity index (χ4v) is 1.86. The van der Waals surface area contributed by atoms with Gasteiger partial charge >= 0.3 is 0 Å². The van der Waals surface area contributed by atoms with Crippen LogP contribution in [0.5, 0.6) is 0 Å². The summed E-state index contributed by atoms with van der Waals surface area (Å²) in [6.07, 6.45) is 3.18. The first kappa shape index (κ1) is 10.6. The Kier molecular flexibility index (Phi) is 3.35. The molecule has 0 bridgehead atoms. The van der Waals surface area contributed by atoms with Crippen molar-refractivity contribution in [2.24, 2.45) is 7.05 Å². The molecule has 1 aliphatic heterocycles. The molecule has 0 aromatic carbocycles. The SMILES string of the molecule is Cn1cc([C@H](O)CN2CCNCC2)cn1. The van der Waals surface area contributed by atoms with Gasteiger partial charge in [0.15, 0.2) is 0 Å². The highest BCUT2D eigenvalue weighted by Gasteiger charge is 2.16. The van der Waals surface area contributed by atoms with Crippen LogP contribution < -0.4 is 5.32 Å². The molecule has 1 atom stereocenters. The molecule has 15 heavy (non-hydrogen) atoms. The Labute approximate surface area is 89.7 Å². The summed E-state index contributed by atoms with van der Waals surface area (Å²) in [4.78, 5) is 2.27. The molecule has 1 saturated heterocycles. The lowest BCUT2D eigenvalue weighted by Gasteiger charge is -2.28. The van der Waals surface area contributed by atoms with Crippen molar-refractivity contribution in [2.45, 2.75) is 6.10 Å². The summed E-state index contributed by atoms with van der Waals surface area (Å²) in [5.41, 5.74) is 0.899. The maximum atomic E-state index is 9.97. The average molecular weight is 210 g/mol. The number of aryl methyl sites for hydroxylation is 1. The summed E-state index contributed by atoms with van der Waals surface area (Å²) >= 11 is 0. The van der Waals surface area contributed by atoms with Gasteiger partial charge < -0.3 is 10.4 Å². The topological polar surface area (TPSA) is 53.3 Å². The van der Waals surface area contributed by atoms with Gasteiger partial charge in [-0.25, -0.2) is 0 Å². The molecule has 0 saturated carbocycles. The number of hydrogen-bond donors (Lipinski definition) is 2. The van der Waals surface area contributed by atoms with Crippen molar-refractivity contribution in [3.05, 3.63) is 18.0 Å². The molecule has 2 heterocycles. The van der Waals surface area contributed by atoms with E-state index in [2.05, 4.69) is 15.3 Å². The van der Waals surface area contributed by atoms with Gasteiger partial charge in [-0.1, -0.05) is 0 Å². The van der Waals surface area contributed by atoms with Crippen molar-refractivity contribution in [3.63, 3.8) is 0 Å². The third kappa shape index (κ3) is 2.77. The third-order valence-corrected chi connectivity index (χ3v) is 2.75. The van der Waals surface area contributed by atoms with Crippen LogP contribution in [0.15, 0.2) is 12.4 Å². The zero-order valence-corrected chi connectivity index (χ0v) is 9.06. The normalized spacial score (nSPS) is 20.4. The molecule has 2 N–H and O–H groups in total. The monoisotopic (exact) mass is 210 g/mol. The van der Waals surface area contributed by atoms with Gasteiger partial charge in [0.05, 0.1) is 12.3 Å². The van der Waals surface area contributed by atoms with E-state index in [1.165, 1.54) is 0 Å². The average Bonchev–Trinajstić information content (AvgIpc) is 2.66. The molecular formula is C10H18N4O. The molecule has 2 rings (SSSR count). The number of aromatic nitrogens is 2. The van der Waals surface area contributed by atoms with Crippen molar-refractivity contribution in [1.29, 1.82) is 0 Å². The maximum absolute atomic E-state index is 9.97. The van der Waals surface area contributed by atoms with Crippen molar-refractivity contribution >= 4 is 0 Å². The fourth-order valence-electron chi connectivity index (χ4n) is 1.86. The van der Waals surface area contributed by atoms with Crippen molar-refractivity contribution in [3.8, 4) is 0 Å². The Balaban J connectivity index is 1.88. The molecule has 1 aliphatic rings. The molecule has 5 heteroatoms. The lowest BCUT2D eigenvalue weighted by atomic mass is 10.2. The van der Waals surface area contributed by atoms with E-state index in [1.54, 1.807) is 10.9 Å². The first-order chi connectivity index (χ1) is 7.25. The Morgan fingerprint density at radius 2 is 2.27 bits per heavy atom. The zero-order chi connectivity index (χ0) is 10.7. The number of aliphatic hydroxyl groups excluding tert-OH is 1. The summed E-state index contributed by atoms with van der Waals surface area (Å²) in [7, 11) is 1.86. The van der Waals surface area contributed by atoms with E-state index in [4.69, 9.17) is 0 Å². The largest absolute Gasteiger partial charge is 0.387 e. The van der Waals surface area contributed by atoms with Crippen LogP contribution in [0.25, 0.3) is 0 Å². The Hall–Kier alpha value is -0.910. The van der Waals surface area contributed by atoms with Gasteiger partial charge in [0.1, 0.15) is 0 Å². The van der Waals surface area contributed by atoms with Crippen LogP contribution in [0, 0.1) is 0 Å². The van der Waals surface area contributed by atoms with Gasteiger partial charge in [-0.3, -0.25) is 9.58 Å². The van der Waals surface area contributed by atoms with Gasteiger partial charge in [-0.15, -0.1) is 0 Å². The zero-order valence-electron chi connectivity index (χ0n) is 9.06. The van der Waals surface area contributed by atoms with Crippen molar-refractivity contribution in [1.82, 2.24) is 20.0 Å². The lowest BCUT2D eigenvalue weighted by Crippen LogP contribution is -2.44. The third-order valence-electron chi connectivity index (χ3n) is 2.75. The van der Waals surface area contributed by atoms with Crippen LogP contribution in [0.4, 0.5) is 0 Å². The number of rotatable bonds is 3. The number of nitrogens with one attached hydrogen (secondary N) is 1. The highest BCUT2D eigenvalue weighted by atomic mass is 16.3. The minimum Gasteiger partial charge on any atom is -0.387 e. The Bertz CT molecular complexity index is 306. The van der Waals surface area contributed by atoms with Crippen LogP contribution in [-0.4, -0.2) is 52.5 Å². The molecule has 0 aliphatic carbocycles. The second-order valence-corrected chi connectivity index (χ2v) is 4.01. The second kappa shape index (κ2) is 4.74. The standard InChI is InChI=1S/C10H18N4O/c1-13-7-9(6-12-13)10(15)8-14-4-2-11-3-5-14/h6-7,10-11,15H,2-5,8H2,1H3/t10-/m1/s1. The number of aliphatic hydroxyl groups is 1. The van der Waals surface area contributed by atoms with Crippen LogP contribution in [0.3, 0.4) is 0 Å². The van der Waals surface area contributed by atoms with Crippen molar-refractivity contribution < 1.29 is 5.11 Å². The molecule has 5 nitrogen and oxygen atoms in total. The van der Waals surface area contributed by atoms with E-state index in [9.17, 15) is 5.11 Å². The number of hydrogen-bond acceptors (Lipinski definition) is 4. The molecule has 1 aromatic heterocycles. The summed E-state index contributed by atoms with van der Waals surface area (Å²) in [6, 6.07) is 0. The van der Waals surface area contributed by atoms with Gasteiger partial charge in [0, 0.05) is 51.5 Å². The first-order valence-electron chi connectivity index (χ1n) is 5.35. The minimum atomic E-state index is -0.420. The Morgan fingerprint density at radius 1 is 1.53 bits per heavy atom. The van der Waals surface area contributed by atoms with E-state index in [1.807, 2.05) is 13.2 Å². The predicted octanol–water partition coefficient (Wildman–Crippen LogP) is -0.641. The quantitative estimate of drug-likeness (QED) is 0.697. The second-order valence-electron chi connectivity index (χ2n) is 4.01. The highest BCUT2D eigenvalue weighted by Crippen LogP contribution is 2.12. The maximum Gasteiger partial charge on any atom is 0.0947 e. The van der Waals surface area contributed by atoms with E-state index in [-0.39, 0.29) is 0 Å². The van der Waals surface area contributed by atoms with Crippen LogP contribution in [0.2, 0.25) is 0 Å². The van der Waals surface area contributed by atoms with Crippen LogP contribution in [-0.2, 0) is 7.05 Å². The van der Waals surface area contributed by atoms with Crippen molar-refractivity contribution in [2.75, 3.05) is 32.7 Å². The Morgan fingerprint density at radius 3 is 2.87 bits per heavy atom. The predicted molar refractivity (Wildman–Crippen MR) is 57.5 cm³/mol. The van der Waals surface area contributed by atoms with Gasteiger partial charge in [0.2, 0.25) is 0 Å². The van der Waals surface area contributed by atoms with E-state index >= 15 is 0 Å². The number of piperazine rings is 1. The summed E-state index contributed by atoms with van der Waals surface area (Å²) < 4.78 is 1.72. The molecule has 1 fully saturated rings. The summed E-state index contributed by atoms with van der Waals surface area (Å²) in [5.74, 6) is 0. The summed E-state index contributed by atoms with van der Waals surface area (Å²) in [6.45, 7) is 4.75. The smallest absolute Gasteiger partial charge is 0.0947 e. The van der Waals surface area contributed by atoms with Crippen LogP contribution in [0.1, 0.15) is 11.7 Å². The summed E-state index contributed by atoms with van der Waals surface area (Å²) in [5, 5.41) is 17.3. The molecular weight excluding hydrogens is 192 g/mol. The fraction of sp³-hybridized carbons (Fsp3) is 0.700. The molecule has 0 radical (unpaired) electrons. The molecule has 0 amide bonds. The van der Waals surface area contributed by atoms with E-state index in [0.29, 0.717) is 6.54 Å². The minimum absolute atomic E-state index is 0.420. The lowest BCUT2D eigenvalue weighted by molar-refractivity contribution is 0.105.